The molecule has 3 aromatic rings. The molecule has 0 aromatic heterocycles. The minimum absolute atomic E-state index is 0.209. The summed E-state index contributed by atoms with van der Waals surface area (Å²) in [6, 6.07) is 21.2. The lowest BCUT2D eigenvalue weighted by atomic mass is 9.97. The van der Waals surface area contributed by atoms with E-state index in [1.165, 1.54) is 54.3 Å². The van der Waals surface area contributed by atoms with Crippen LogP contribution in [0.25, 0.3) is 10.8 Å². The third-order valence-corrected chi connectivity index (χ3v) is 6.24. The van der Waals surface area contributed by atoms with Gasteiger partial charge in [-0.3, -0.25) is 4.90 Å². The van der Waals surface area contributed by atoms with Crippen molar-refractivity contribution in [2.45, 2.75) is 38.5 Å². The van der Waals surface area contributed by atoms with Crippen LogP contribution in [0.2, 0.25) is 0 Å². The average Bonchev–Trinajstić information content (AvgIpc) is 2.84. The van der Waals surface area contributed by atoms with Gasteiger partial charge in [-0.25, -0.2) is 0 Å². The Bertz CT molecular complexity index is 964. The summed E-state index contributed by atoms with van der Waals surface area (Å²) < 4.78 is 12.1. The third-order valence-electron chi connectivity index (χ3n) is 6.24. The molecule has 1 saturated heterocycles. The fourth-order valence-electron chi connectivity index (χ4n) is 4.41. The van der Waals surface area contributed by atoms with Crippen molar-refractivity contribution in [3.8, 4) is 11.5 Å². The number of ether oxygens (including phenoxy) is 2. The molecule has 0 radical (unpaired) electrons. The van der Waals surface area contributed by atoms with Gasteiger partial charge in [0.2, 0.25) is 0 Å². The fourth-order valence-corrected chi connectivity index (χ4v) is 4.41. The maximum absolute atomic E-state index is 9.03. The summed E-state index contributed by atoms with van der Waals surface area (Å²) in [5, 5.41) is 11.5. The Morgan fingerprint density at radius 1 is 0.781 bits per heavy atom. The van der Waals surface area contributed by atoms with E-state index in [0.29, 0.717) is 6.61 Å². The van der Waals surface area contributed by atoms with Crippen molar-refractivity contribution in [3.05, 3.63) is 71.8 Å². The molecule has 4 nitrogen and oxygen atoms in total. The van der Waals surface area contributed by atoms with Gasteiger partial charge in [0.15, 0.2) is 0 Å². The molecule has 1 N–H and O–H groups in total. The molecule has 0 bridgehead atoms. The van der Waals surface area contributed by atoms with Gasteiger partial charge < -0.3 is 14.6 Å². The SMILES string of the molecule is OCCCCOc1ccc2ccccc2c1Cc1ccc(OCCN2CCCCC2)cc1. The Morgan fingerprint density at radius 3 is 2.41 bits per heavy atom. The van der Waals surface area contributed by atoms with Crippen LogP contribution in [-0.4, -0.2) is 49.5 Å². The van der Waals surface area contributed by atoms with Crippen LogP contribution in [-0.2, 0) is 6.42 Å². The van der Waals surface area contributed by atoms with E-state index >= 15 is 0 Å². The number of unbranched alkanes of at least 4 members (excludes halogenated alkanes) is 1. The van der Waals surface area contributed by atoms with Crippen LogP contribution in [0.15, 0.2) is 60.7 Å². The molecule has 0 unspecified atom stereocenters. The monoisotopic (exact) mass is 433 g/mol. The lowest BCUT2D eigenvalue weighted by molar-refractivity contribution is 0.183. The molecule has 0 saturated carbocycles. The van der Waals surface area contributed by atoms with Crippen LogP contribution in [0.5, 0.6) is 11.5 Å². The van der Waals surface area contributed by atoms with Gasteiger partial charge in [-0.05, 0) is 73.3 Å². The number of aliphatic hydroxyl groups excluding tert-OH is 1. The first-order valence-electron chi connectivity index (χ1n) is 12.0. The quantitative estimate of drug-likeness (QED) is 0.409. The highest BCUT2D eigenvalue weighted by Crippen LogP contribution is 2.31. The topological polar surface area (TPSA) is 41.9 Å². The lowest BCUT2D eigenvalue weighted by Crippen LogP contribution is -2.33. The van der Waals surface area contributed by atoms with Crippen molar-refractivity contribution in [1.29, 1.82) is 0 Å². The molecule has 1 aliphatic heterocycles. The highest BCUT2D eigenvalue weighted by molar-refractivity contribution is 5.88. The van der Waals surface area contributed by atoms with Gasteiger partial charge in [-0.1, -0.05) is 48.9 Å². The summed E-state index contributed by atoms with van der Waals surface area (Å²) in [6.07, 6.45) is 6.43. The van der Waals surface area contributed by atoms with Crippen LogP contribution in [0.1, 0.15) is 43.2 Å². The number of hydrogen-bond donors (Lipinski definition) is 1. The summed E-state index contributed by atoms with van der Waals surface area (Å²) >= 11 is 0. The van der Waals surface area contributed by atoms with Gasteiger partial charge >= 0.3 is 0 Å². The van der Waals surface area contributed by atoms with Gasteiger partial charge in [-0.2, -0.15) is 0 Å². The van der Waals surface area contributed by atoms with Crippen LogP contribution in [0, 0.1) is 0 Å². The van der Waals surface area contributed by atoms with Gasteiger partial charge in [0.25, 0.3) is 0 Å². The summed E-state index contributed by atoms with van der Waals surface area (Å²) in [7, 11) is 0. The Kier molecular flexibility index (Phi) is 8.41. The maximum atomic E-state index is 9.03. The summed E-state index contributed by atoms with van der Waals surface area (Å²) in [4.78, 5) is 2.50. The highest BCUT2D eigenvalue weighted by Gasteiger charge is 2.11. The van der Waals surface area contributed by atoms with E-state index in [2.05, 4.69) is 65.6 Å². The molecule has 0 atom stereocenters. The van der Waals surface area contributed by atoms with E-state index in [0.717, 1.165) is 43.9 Å². The molecule has 1 fully saturated rings. The van der Waals surface area contributed by atoms with E-state index in [1.807, 2.05) is 0 Å². The summed E-state index contributed by atoms with van der Waals surface area (Å²) in [5.74, 6) is 1.87. The molecule has 32 heavy (non-hydrogen) atoms. The zero-order chi connectivity index (χ0) is 22.0. The number of fused-ring (bicyclic) bond motifs is 1. The Morgan fingerprint density at radius 2 is 1.59 bits per heavy atom. The second-order valence-electron chi connectivity index (χ2n) is 8.61. The van der Waals surface area contributed by atoms with Crippen molar-refractivity contribution < 1.29 is 14.6 Å². The molecule has 0 aliphatic carbocycles. The zero-order valence-electron chi connectivity index (χ0n) is 19.0. The molecule has 4 rings (SSSR count). The molecule has 4 heteroatoms. The van der Waals surface area contributed by atoms with Crippen LogP contribution < -0.4 is 9.47 Å². The zero-order valence-corrected chi connectivity index (χ0v) is 19.0. The molecular weight excluding hydrogens is 398 g/mol. The minimum Gasteiger partial charge on any atom is -0.493 e. The van der Waals surface area contributed by atoms with Crippen LogP contribution in [0.3, 0.4) is 0 Å². The van der Waals surface area contributed by atoms with Gasteiger partial charge in [0.05, 0.1) is 6.61 Å². The number of rotatable bonds is 11. The fraction of sp³-hybridized carbons (Fsp3) is 0.429. The number of likely N-dealkylation sites (tertiary alicyclic amines) is 1. The number of piperidine rings is 1. The van der Waals surface area contributed by atoms with Gasteiger partial charge in [-0.15, -0.1) is 0 Å². The van der Waals surface area contributed by atoms with Crippen molar-refractivity contribution in [3.63, 3.8) is 0 Å². The van der Waals surface area contributed by atoms with Crippen molar-refractivity contribution in [2.75, 3.05) is 39.5 Å². The third kappa shape index (κ3) is 6.24. The van der Waals surface area contributed by atoms with Crippen molar-refractivity contribution >= 4 is 10.8 Å². The summed E-state index contributed by atoms with van der Waals surface area (Å²) in [6.45, 7) is 4.99. The van der Waals surface area contributed by atoms with Crippen LogP contribution in [0.4, 0.5) is 0 Å². The number of aliphatic hydroxyl groups is 1. The van der Waals surface area contributed by atoms with E-state index in [9.17, 15) is 0 Å². The summed E-state index contributed by atoms with van der Waals surface area (Å²) in [5.41, 5.74) is 2.45. The maximum Gasteiger partial charge on any atom is 0.123 e. The van der Waals surface area contributed by atoms with Crippen molar-refractivity contribution in [2.24, 2.45) is 0 Å². The molecule has 0 amide bonds. The van der Waals surface area contributed by atoms with Crippen molar-refractivity contribution in [1.82, 2.24) is 4.90 Å². The lowest BCUT2D eigenvalue weighted by Gasteiger charge is -2.26. The molecule has 0 spiro atoms. The van der Waals surface area contributed by atoms with Gasteiger partial charge in [0, 0.05) is 25.1 Å². The standard InChI is InChI=1S/C28H35NO3/c30-19-6-7-20-32-28-15-12-24-8-2-3-9-26(24)27(28)22-23-10-13-25(14-11-23)31-21-18-29-16-4-1-5-17-29/h2-3,8-15,30H,1,4-7,16-22H2. The molecule has 1 aliphatic rings. The van der Waals surface area contributed by atoms with E-state index in [4.69, 9.17) is 14.6 Å². The molecular formula is C28H35NO3. The predicted molar refractivity (Wildman–Crippen MR) is 131 cm³/mol. The van der Waals surface area contributed by atoms with Crippen LogP contribution >= 0.6 is 0 Å². The highest BCUT2D eigenvalue weighted by atomic mass is 16.5. The molecule has 1 heterocycles. The smallest absolute Gasteiger partial charge is 0.123 e. The normalized spacial score (nSPS) is 14.5. The largest absolute Gasteiger partial charge is 0.493 e. The molecule has 3 aromatic carbocycles. The van der Waals surface area contributed by atoms with E-state index in [-0.39, 0.29) is 6.61 Å². The Balaban J connectivity index is 1.41. The van der Waals surface area contributed by atoms with E-state index < -0.39 is 0 Å². The Labute approximate surface area is 191 Å². The second-order valence-corrected chi connectivity index (χ2v) is 8.61. The Hall–Kier alpha value is -2.56. The number of hydrogen-bond acceptors (Lipinski definition) is 4. The molecule has 170 valence electrons. The van der Waals surface area contributed by atoms with E-state index in [1.54, 1.807) is 0 Å². The first-order valence-corrected chi connectivity index (χ1v) is 12.0. The number of benzene rings is 3. The van der Waals surface area contributed by atoms with Gasteiger partial charge in [0.1, 0.15) is 18.1 Å². The number of nitrogens with zero attached hydrogens (tertiary/aromatic N) is 1. The first-order chi connectivity index (χ1) is 15.8. The second kappa shape index (κ2) is 11.9. The first kappa shape index (κ1) is 22.6. The minimum atomic E-state index is 0.209. The average molecular weight is 434 g/mol. The predicted octanol–water partition coefficient (Wildman–Crippen LogP) is 5.45.